The van der Waals surface area contributed by atoms with Gasteiger partial charge in [-0.15, -0.1) is 0 Å². The number of carbonyl (C=O) groups excluding carboxylic acids is 1. The summed E-state index contributed by atoms with van der Waals surface area (Å²) < 4.78 is 7.25. The first-order valence-electron chi connectivity index (χ1n) is 6.69. The second-order valence-corrected chi connectivity index (χ2v) is 5.29. The molecule has 1 aromatic heterocycles. The lowest BCUT2D eigenvalue weighted by atomic mass is 10.2. The zero-order valence-corrected chi connectivity index (χ0v) is 12.7. The maximum Gasteiger partial charge on any atom is 0.255 e. The number of aryl methyl sites for hydroxylation is 1. The molecule has 1 amide bonds. The number of rotatable bonds is 4. The molecule has 5 nitrogen and oxygen atoms in total. The van der Waals surface area contributed by atoms with Gasteiger partial charge in [-0.2, -0.15) is 0 Å². The molecular formula is C16H14ClN3O2. The van der Waals surface area contributed by atoms with Crippen molar-refractivity contribution in [2.45, 2.75) is 0 Å². The summed E-state index contributed by atoms with van der Waals surface area (Å²) >= 11 is 6.20. The summed E-state index contributed by atoms with van der Waals surface area (Å²) in [5.74, 6) is 0.683. The number of nitrogens with two attached hydrogens (primary N) is 1. The van der Waals surface area contributed by atoms with E-state index < -0.39 is 5.91 Å². The van der Waals surface area contributed by atoms with Crippen LogP contribution in [0.2, 0.25) is 5.02 Å². The van der Waals surface area contributed by atoms with Crippen LogP contribution >= 0.6 is 11.6 Å². The highest BCUT2D eigenvalue weighted by Crippen LogP contribution is 2.31. The molecule has 0 atom stereocenters. The monoisotopic (exact) mass is 315 g/mol. The zero-order chi connectivity index (χ0) is 15.7. The number of hydrogen-bond donors (Lipinski definition) is 1. The van der Waals surface area contributed by atoms with Crippen LogP contribution in [0.3, 0.4) is 0 Å². The average molecular weight is 316 g/mol. The summed E-state index contributed by atoms with van der Waals surface area (Å²) in [5.41, 5.74) is 7.89. The molecule has 0 fully saturated rings. The van der Waals surface area contributed by atoms with Crippen LogP contribution in [0.25, 0.3) is 22.4 Å². The van der Waals surface area contributed by atoms with Crippen molar-refractivity contribution in [1.82, 2.24) is 9.55 Å². The number of carbonyl (C=O) groups is 1. The van der Waals surface area contributed by atoms with E-state index in [0.717, 1.165) is 22.4 Å². The minimum absolute atomic E-state index is 0.203. The highest BCUT2D eigenvalue weighted by molar-refractivity contribution is 6.32. The van der Waals surface area contributed by atoms with Gasteiger partial charge in [0.2, 0.25) is 0 Å². The van der Waals surface area contributed by atoms with Gasteiger partial charge in [0, 0.05) is 12.6 Å². The van der Waals surface area contributed by atoms with E-state index in [1.54, 1.807) is 12.1 Å². The van der Waals surface area contributed by atoms with Gasteiger partial charge in [-0.1, -0.05) is 23.7 Å². The first-order valence-corrected chi connectivity index (χ1v) is 7.06. The molecule has 6 heteroatoms. The van der Waals surface area contributed by atoms with Gasteiger partial charge >= 0.3 is 0 Å². The summed E-state index contributed by atoms with van der Waals surface area (Å²) in [7, 11) is 1.95. The van der Waals surface area contributed by atoms with Crippen molar-refractivity contribution in [1.29, 1.82) is 0 Å². The fraction of sp³-hybridized carbons (Fsp3) is 0.125. The van der Waals surface area contributed by atoms with E-state index in [0.29, 0.717) is 10.8 Å². The lowest BCUT2D eigenvalue weighted by Gasteiger charge is -2.08. The van der Waals surface area contributed by atoms with Crippen LogP contribution in [-0.4, -0.2) is 22.1 Å². The Hall–Kier alpha value is -2.53. The van der Waals surface area contributed by atoms with Crippen LogP contribution in [0, 0.1) is 0 Å². The molecule has 0 aliphatic carbocycles. The van der Waals surface area contributed by atoms with Crippen LogP contribution in [0.4, 0.5) is 0 Å². The Morgan fingerprint density at radius 3 is 2.77 bits per heavy atom. The molecule has 3 aromatic rings. The number of imidazole rings is 1. The molecule has 0 bridgehead atoms. The summed E-state index contributed by atoms with van der Waals surface area (Å²) in [6.07, 6.45) is 0. The fourth-order valence-corrected chi connectivity index (χ4v) is 2.54. The fourth-order valence-electron chi connectivity index (χ4n) is 2.31. The van der Waals surface area contributed by atoms with E-state index in [2.05, 4.69) is 4.98 Å². The highest BCUT2D eigenvalue weighted by atomic mass is 35.5. The Labute approximate surface area is 132 Å². The van der Waals surface area contributed by atoms with Crippen molar-refractivity contribution in [2.24, 2.45) is 12.8 Å². The van der Waals surface area contributed by atoms with Crippen molar-refractivity contribution in [3.05, 3.63) is 47.5 Å². The second kappa shape index (κ2) is 5.69. The Bertz CT molecular complexity index is 858. The third-order valence-corrected chi connectivity index (χ3v) is 3.64. The van der Waals surface area contributed by atoms with E-state index in [4.69, 9.17) is 22.1 Å². The van der Waals surface area contributed by atoms with Crippen molar-refractivity contribution in [2.75, 3.05) is 6.61 Å². The molecule has 2 N–H and O–H groups in total. The van der Waals surface area contributed by atoms with E-state index in [-0.39, 0.29) is 6.61 Å². The molecule has 0 saturated heterocycles. The number of aromatic nitrogens is 2. The Morgan fingerprint density at radius 2 is 2.09 bits per heavy atom. The molecule has 0 unspecified atom stereocenters. The third-order valence-electron chi connectivity index (χ3n) is 3.35. The van der Waals surface area contributed by atoms with Gasteiger partial charge < -0.3 is 15.0 Å². The summed E-state index contributed by atoms with van der Waals surface area (Å²) in [4.78, 5) is 15.4. The number of benzene rings is 2. The molecule has 22 heavy (non-hydrogen) atoms. The predicted molar refractivity (Wildman–Crippen MR) is 85.8 cm³/mol. The number of ether oxygens (including phenoxy) is 1. The number of nitrogens with zero attached hydrogens (tertiary/aromatic N) is 2. The first-order chi connectivity index (χ1) is 10.6. The molecular weight excluding hydrogens is 302 g/mol. The van der Waals surface area contributed by atoms with Gasteiger partial charge in [0.1, 0.15) is 11.6 Å². The minimum Gasteiger partial charge on any atom is -0.482 e. The van der Waals surface area contributed by atoms with Crippen molar-refractivity contribution < 1.29 is 9.53 Å². The van der Waals surface area contributed by atoms with Gasteiger partial charge in [-0.05, 0) is 30.3 Å². The summed E-state index contributed by atoms with van der Waals surface area (Å²) in [6.45, 7) is -0.203. The summed E-state index contributed by atoms with van der Waals surface area (Å²) in [5, 5.41) is 0.408. The van der Waals surface area contributed by atoms with Crippen LogP contribution in [0.1, 0.15) is 0 Å². The SMILES string of the molecule is Cn1c(-c2ccc(OCC(N)=O)c(Cl)c2)nc2ccccc21. The number of fused-ring (bicyclic) bond motifs is 1. The maximum atomic E-state index is 10.8. The van der Waals surface area contributed by atoms with Gasteiger partial charge in [0.05, 0.1) is 16.1 Å². The molecule has 0 aliphatic heterocycles. The van der Waals surface area contributed by atoms with Crippen LogP contribution in [0.15, 0.2) is 42.5 Å². The molecule has 0 spiro atoms. The standard InChI is InChI=1S/C16H14ClN3O2/c1-20-13-5-3-2-4-12(13)19-16(20)10-6-7-14(11(17)8-10)22-9-15(18)21/h2-8H,9H2,1H3,(H2,18,21). The van der Waals surface area contributed by atoms with Gasteiger partial charge in [0.15, 0.2) is 6.61 Å². The van der Waals surface area contributed by atoms with Crippen LogP contribution in [-0.2, 0) is 11.8 Å². The molecule has 0 saturated carbocycles. The third kappa shape index (κ3) is 2.63. The Kier molecular flexibility index (Phi) is 3.73. The number of hydrogen-bond acceptors (Lipinski definition) is 3. The second-order valence-electron chi connectivity index (χ2n) is 4.88. The largest absolute Gasteiger partial charge is 0.482 e. The number of para-hydroxylation sites is 2. The zero-order valence-electron chi connectivity index (χ0n) is 11.9. The maximum absolute atomic E-state index is 10.8. The smallest absolute Gasteiger partial charge is 0.255 e. The summed E-state index contributed by atoms with van der Waals surface area (Å²) in [6, 6.07) is 13.2. The Balaban J connectivity index is 1.99. The lowest BCUT2D eigenvalue weighted by Crippen LogP contribution is -2.20. The van der Waals surface area contributed by atoms with Gasteiger partial charge in [0.25, 0.3) is 5.91 Å². The van der Waals surface area contributed by atoms with E-state index in [1.807, 2.05) is 41.9 Å². The predicted octanol–water partition coefficient (Wildman–Crippen LogP) is 2.76. The first kappa shape index (κ1) is 14.4. The van der Waals surface area contributed by atoms with E-state index >= 15 is 0 Å². The average Bonchev–Trinajstić information content (AvgIpc) is 2.83. The normalized spacial score (nSPS) is 10.8. The van der Waals surface area contributed by atoms with Crippen LogP contribution < -0.4 is 10.5 Å². The molecule has 0 aliphatic rings. The highest BCUT2D eigenvalue weighted by Gasteiger charge is 2.12. The van der Waals surface area contributed by atoms with Crippen molar-refractivity contribution >= 4 is 28.5 Å². The molecule has 1 heterocycles. The molecule has 3 rings (SSSR count). The van der Waals surface area contributed by atoms with E-state index in [1.165, 1.54) is 0 Å². The quantitative estimate of drug-likeness (QED) is 0.804. The van der Waals surface area contributed by atoms with E-state index in [9.17, 15) is 4.79 Å². The number of amides is 1. The van der Waals surface area contributed by atoms with Gasteiger partial charge in [-0.25, -0.2) is 4.98 Å². The molecule has 112 valence electrons. The van der Waals surface area contributed by atoms with Crippen LogP contribution in [0.5, 0.6) is 5.75 Å². The molecule has 0 radical (unpaired) electrons. The van der Waals surface area contributed by atoms with Crippen molar-refractivity contribution in [3.63, 3.8) is 0 Å². The number of primary amides is 1. The van der Waals surface area contributed by atoms with Crippen molar-refractivity contribution in [3.8, 4) is 17.1 Å². The molecule has 2 aromatic carbocycles. The minimum atomic E-state index is -0.546. The lowest BCUT2D eigenvalue weighted by molar-refractivity contribution is -0.119. The Morgan fingerprint density at radius 1 is 1.32 bits per heavy atom. The van der Waals surface area contributed by atoms with Gasteiger partial charge in [-0.3, -0.25) is 4.79 Å². The topological polar surface area (TPSA) is 70.1 Å². The number of halogens is 1.